The largest absolute Gasteiger partial charge is 0.477 e. The lowest BCUT2D eigenvalue weighted by atomic mass is 9.94. The van der Waals surface area contributed by atoms with Gasteiger partial charge in [0.05, 0.1) is 6.54 Å². The maximum absolute atomic E-state index is 12.5. The van der Waals surface area contributed by atoms with Crippen LogP contribution >= 0.6 is 0 Å². The minimum Gasteiger partial charge on any atom is -0.477 e. The van der Waals surface area contributed by atoms with Crippen LogP contribution in [0.15, 0.2) is 35.6 Å². The van der Waals surface area contributed by atoms with Gasteiger partial charge in [-0.3, -0.25) is 20.1 Å². The van der Waals surface area contributed by atoms with Crippen molar-refractivity contribution in [3.8, 4) is 5.75 Å². The number of aromatic nitrogens is 4. The molecule has 6 rings (SSSR count). The molecule has 0 saturated carbocycles. The fraction of sp³-hybridized carbons (Fsp3) is 0.414. The molecule has 3 aliphatic rings. The van der Waals surface area contributed by atoms with Crippen LogP contribution in [0.2, 0.25) is 0 Å². The van der Waals surface area contributed by atoms with E-state index in [1.165, 1.54) is 6.42 Å². The normalized spacial score (nSPS) is 21.7. The van der Waals surface area contributed by atoms with E-state index >= 15 is 0 Å². The highest BCUT2D eigenvalue weighted by Gasteiger charge is 2.42. The van der Waals surface area contributed by atoms with Crippen molar-refractivity contribution in [1.82, 2.24) is 24.8 Å². The Bertz CT molecular complexity index is 1550. The van der Waals surface area contributed by atoms with Crippen LogP contribution in [0.4, 0.5) is 17.5 Å². The molecule has 2 fully saturated rings. The Balaban J connectivity index is 1.13. The third kappa shape index (κ3) is 4.70. The number of likely N-dealkylation sites (tertiary alicyclic amines) is 1. The highest BCUT2D eigenvalue weighted by molar-refractivity contribution is 6.48. The van der Waals surface area contributed by atoms with Crippen molar-refractivity contribution in [2.24, 2.45) is 4.99 Å². The van der Waals surface area contributed by atoms with Crippen LogP contribution in [-0.2, 0) is 11.3 Å². The minimum atomic E-state index is -1.08. The van der Waals surface area contributed by atoms with E-state index in [2.05, 4.69) is 55.1 Å². The molecule has 3 aromatic rings. The van der Waals surface area contributed by atoms with E-state index in [4.69, 9.17) is 15.1 Å². The van der Waals surface area contributed by atoms with E-state index in [1.807, 2.05) is 13.1 Å². The highest BCUT2D eigenvalue weighted by Crippen LogP contribution is 2.34. The Morgan fingerprint density at radius 1 is 1.15 bits per heavy atom. The van der Waals surface area contributed by atoms with Crippen LogP contribution in [0.1, 0.15) is 48.5 Å². The zero-order valence-electron chi connectivity index (χ0n) is 23.4. The van der Waals surface area contributed by atoms with Crippen LogP contribution < -0.4 is 15.0 Å². The van der Waals surface area contributed by atoms with Gasteiger partial charge in [-0.2, -0.15) is 0 Å². The Morgan fingerprint density at radius 2 is 1.98 bits per heavy atom. The summed E-state index contributed by atoms with van der Waals surface area (Å²) in [6.45, 7) is 9.74. The fourth-order valence-corrected chi connectivity index (χ4v) is 5.63. The maximum Gasteiger partial charge on any atom is 0.225 e. The first-order chi connectivity index (χ1) is 19.1. The lowest BCUT2D eigenvalue weighted by Crippen LogP contribution is -2.46. The number of likely N-dealkylation sites (N-methyl/N-ethyl adjacent to an activating group) is 1. The first-order valence-corrected chi connectivity index (χ1v) is 13.5. The molecule has 11 nitrogen and oxygen atoms in total. The molecule has 0 aliphatic carbocycles. The van der Waals surface area contributed by atoms with Gasteiger partial charge in [-0.1, -0.05) is 0 Å². The fourth-order valence-electron chi connectivity index (χ4n) is 5.63. The molecule has 3 aromatic heterocycles. The van der Waals surface area contributed by atoms with Crippen LogP contribution in [0.3, 0.4) is 0 Å². The standard InChI is InChI=1S/C29H33N9O2/c1-16-8-18(12-33-28(16)38-15-19-9-20(38)14-37(19)5)11-31-13-23-32-10-17(2)27(36-23)35-22-7-6-21-25(34-22)24(30)26(39)29(3,4)40-21/h6-8,10-12,19-20,30H,9,13-15H2,1-5H3,(H,32,34,35,36)/b30-24?,31-11+. The highest BCUT2D eigenvalue weighted by atomic mass is 16.5. The molecule has 2 saturated heterocycles. The number of carbonyl (C=O) groups excluding carboxylic acids is 1. The number of pyridine rings is 2. The average Bonchev–Trinajstić information content (AvgIpc) is 3.49. The number of hydrogen-bond donors (Lipinski definition) is 2. The Kier molecular flexibility index (Phi) is 6.33. The van der Waals surface area contributed by atoms with Crippen molar-refractivity contribution in [3.05, 3.63) is 58.8 Å². The Labute approximate surface area is 233 Å². The van der Waals surface area contributed by atoms with E-state index in [-0.39, 0.29) is 11.4 Å². The van der Waals surface area contributed by atoms with Gasteiger partial charge in [0.15, 0.2) is 11.4 Å². The van der Waals surface area contributed by atoms with Gasteiger partial charge in [0.1, 0.15) is 34.6 Å². The summed E-state index contributed by atoms with van der Waals surface area (Å²) >= 11 is 0. The number of anilines is 3. The summed E-state index contributed by atoms with van der Waals surface area (Å²) in [5.74, 6) is 2.66. The molecule has 2 N–H and O–H groups in total. The molecule has 206 valence electrons. The third-order valence-corrected chi connectivity index (χ3v) is 7.83. The molecule has 0 amide bonds. The number of carbonyl (C=O) groups is 1. The van der Waals surface area contributed by atoms with Gasteiger partial charge < -0.3 is 15.0 Å². The van der Waals surface area contributed by atoms with Crippen molar-refractivity contribution in [2.75, 3.05) is 30.4 Å². The van der Waals surface area contributed by atoms with E-state index in [0.717, 1.165) is 35.6 Å². The van der Waals surface area contributed by atoms with E-state index < -0.39 is 11.4 Å². The number of nitrogens with zero attached hydrogens (tertiary/aromatic N) is 7. The maximum atomic E-state index is 12.5. The summed E-state index contributed by atoms with van der Waals surface area (Å²) in [6.07, 6.45) is 6.63. The summed E-state index contributed by atoms with van der Waals surface area (Å²) in [5, 5.41) is 11.4. The first-order valence-electron chi connectivity index (χ1n) is 13.5. The monoisotopic (exact) mass is 539 g/mol. The number of rotatable bonds is 6. The number of aliphatic imine (C=N–C) groups is 1. The van der Waals surface area contributed by atoms with Gasteiger partial charge in [0.25, 0.3) is 0 Å². The van der Waals surface area contributed by atoms with Crippen LogP contribution in [0, 0.1) is 19.3 Å². The molecule has 0 spiro atoms. The van der Waals surface area contributed by atoms with Gasteiger partial charge in [-0.25, -0.2) is 19.9 Å². The van der Waals surface area contributed by atoms with Gasteiger partial charge in [0, 0.05) is 54.9 Å². The van der Waals surface area contributed by atoms with Crippen molar-refractivity contribution in [3.63, 3.8) is 0 Å². The summed E-state index contributed by atoms with van der Waals surface area (Å²) < 4.78 is 5.76. The summed E-state index contributed by atoms with van der Waals surface area (Å²) in [5.41, 5.74) is 1.88. The van der Waals surface area contributed by atoms with Crippen molar-refractivity contribution in [1.29, 1.82) is 5.41 Å². The quantitative estimate of drug-likeness (QED) is 0.453. The second-order valence-corrected chi connectivity index (χ2v) is 11.3. The number of aryl methyl sites for hydroxylation is 2. The summed E-state index contributed by atoms with van der Waals surface area (Å²) in [6, 6.07) is 6.75. The molecule has 40 heavy (non-hydrogen) atoms. The number of piperazine rings is 1. The second kappa shape index (κ2) is 9.74. The third-order valence-electron chi connectivity index (χ3n) is 7.83. The number of fused-ring (bicyclic) bond motifs is 3. The second-order valence-electron chi connectivity index (χ2n) is 11.3. The Morgan fingerprint density at radius 3 is 2.70 bits per heavy atom. The van der Waals surface area contributed by atoms with Gasteiger partial charge in [0.2, 0.25) is 5.78 Å². The van der Waals surface area contributed by atoms with E-state index in [1.54, 1.807) is 38.4 Å². The zero-order valence-corrected chi connectivity index (χ0v) is 23.4. The van der Waals surface area contributed by atoms with Crippen LogP contribution in [0.5, 0.6) is 5.75 Å². The van der Waals surface area contributed by atoms with Gasteiger partial charge >= 0.3 is 0 Å². The van der Waals surface area contributed by atoms with Crippen LogP contribution in [0.25, 0.3) is 0 Å². The number of ether oxygens (including phenoxy) is 1. The SMILES string of the molecule is Cc1cnc(C/N=C/c2cnc(N3CC4CC3CN4C)c(C)c2)nc1Nc1ccc2c(n1)C(=N)C(=O)C(C)(C)O2. The lowest BCUT2D eigenvalue weighted by Gasteiger charge is -2.33. The predicted molar refractivity (Wildman–Crippen MR) is 153 cm³/mol. The van der Waals surface area contributed by atoms with Gasteiger partial charge in [-0.05, 0) is 64.9 Å². The zero-order chi connectivity index (χ0) is 28.2. The number of ketones is 1. The lowest BCUT2D eigenvalue weighted by molar-refractivity contribution is -0.125. The smallest absolute Gasteiger partial charge is 0.225 e. The number of hydrogen-bond acceptors (Lipinski definition) is 11. The number of nitrogens with one attached hydrogen (secondary N) is 2. The Hall–Kier alpha value is -4.25. The first kappa shape index (κ1) is 26.0. The molecule has 6 heterocycles. The summed E-state index contributed by atoms with van der Waals surface area (Å²) in [4.78, 5) is 40.2. The molecule has 0 radical (unpaired) electrons. The number of Topliss-reactive ketones (excluding diaryl/α,β-unsaturated/α-hetero) is 1. The van der Waals surface area contributed by atoms with E-state index in [9.17, 15) is 4.79 Å². The minimum absolute atomic E-state index is 0.164. The van der Waals surface area contributed by atoms with Crippen LogP contribution in [-0.4, -0.2) is 80.4 Å². The molecule has 2 bridgehead atoms. The summed E-state index contributed by atoms with van der Waals surface area (Å²) in [7, 11) is 2.20. The van der Waals surface area contributed by atoms with Crippen molar-refractivity contribution >= 4 is 35.2 Å². The average molecular weight is 540 g/mol. The topological polar surface area (TPSA) is 133 Å². The van der Waals surface area contributed by atoms with Gasteiger partial charge in [-0.15, -0.1) is 0 Å². The van der Waals surface area contributed by atoms with Crippen molar-refractivity contribution < 1.29 is 9.53 Å². The van der Waals surface area contributed by atoms with Crippen molar-refractivity contribution in [2.45, 2.75) is 58.3 Å². The molecule has 0 aromatic carbocycles. The molecule has 2 atom stereocenters. The molecule has 11 heteroatoms. The molecular formula is C29H33N9O2. The molecule has 3 aliphatic heterocycles. The molecular weight excluding hydrogens is 506 g/mol. The predicted octanol–water partition coefficient (Wildman–Crippen LogP) is 3.25. The van der Waals surface area contributed by atoms with E-state index in [0.29, 0.717) is 41.8 Å². The molecule has 2 unspecified atom stereocenters.